The van der Waals surface area contributed by atoms with Crippen LogP contribution in [0.15, 0.2) is 24.3 Å². The van der Waals surface area contributed by atoms with Crippen LogP contribution >= 0.6 is 0 Å². The summed E-state index contributed by atoms with van der Waals surface area (Å²) in [4.78, 5) is 24.5. The maximum absolute atomic E-state index is 12.3. The molecule has 0 unspecified atom stereocenters. The third kappa shape index (κ3) is 1.89. The number of fused-ring (bicyclic) bond motifs is 1. The van der Waals surface area contributed by atoms with Crippen molar-refractivity contribution >= 4 is 23.4 Å². The summed E-state index contributed by atoms with van der Waals surface area (Å²) in [6, 6.07) is 7.54. The second kappa shape index (κ2) is 4.15. The number of carbonyl (C=O) groups is 2. The summed E-state index contributed by atoms with van der Waals surface area (Å²) in [6.45, 7) is 0.746. The number of piperidine rings is 1. The summed E-state index contributed by atoms with van der Waals surface area (Å²) >= 11 is 0. The highest BCUT2D eigenvalue weighted by molar-refractivity contribution is 6.06. The molecule has 100 valence electrons. The molecule has 6 nitrogen and oxygen atoms in total. The van der Waals surface area contributed by atoms with Crippen molar-refractivity contribution in [2.45, 2.75) is 18.4 Å². The van der Waals surface area contributed by atoms with Crippen LogP contribution < -0.4 is 10.6 Å². The van der Waals surface area contributed by atoms with E-state index >= 15 is 0 Å². The minimum atomic E-state index is -0.925. The Morgan fingerprint density at radius 2 is 1.84 bits per heavy atom. The summed E-state index contributed by atoms with van der Waals surface area (Å²) in [5.41, 5.74) is 0.991. The Kier molecular flexibility index (Phi) is 2.58. The topological polar surface area (TPSA) is 81.7 Å². The van der Waals surface area contributed by atoms with Crippen LogP contribution in [-0.2, 0) is 4.79 Å². The minimum absolute atomic E-state index is 0.0729. The highest BCUT2D eigenvalue weighted by Gasteiger charge is 2.44. The molecule has 6 heteroatoms. The van der Waals surface area contributed by atoms with E-state index in [0.717, 1.165) is 11.4 Å². The van der Waals surface area contributed by atoms with E-state index in [4.69, 9.17) is 5.11 Å². The molecule has 0 saturated carbocycles. The number of amides is 2. The molecular weight excluding hydrogens is 246 g/mol. The van der Waals surface area contributed by atoms with Crippen molar-refractivity contribution < 1.29 is 14.7 Å². The fourth-order valence-electron chi connectivity index (χ4n) is 2.69. The van der Waals surface area contributed by atoms with E-state index in [2.05, 4.69) is 10.6 Å². The number of rotatable bonds is 0. The van der Waals surface area contributed by atoms with Gasteiger partial charge in [-0.15, -0.1) is 0 Å². The third-order valence-electron chi connectivity index (χ3n) is 3.87. The highest BCUT2D eigenvalue weighted by atomic mass is 16.4. The smallest absolute Gasteiger partial charge is 0.407 e. The van der Waals surface area contributed by atoms with Gasteiger partial charge < -0.3 is 20.6 Å². The molecule has 1 aromatic rings. The van der Waals surface area contributed by atoms with Crippen LogP contribution in [0.2, 0.25) is 0 Å². The van der Waals surface area contributed by atoms with Gasteiger partial charge in [0.25, 0.3) is 0 Å². The molecule has 0 aliphatic carbocycles. The van der Waals surface area contributed by atoms with E-state index in [1.165, 1.54) is 4.90 Å². The maximum Gasteiger partial charge on any atom is 0.407 e. The van der Waals surface area contributed by atoms with Gasteiger partial charge in [-0.3, -0.25) is 4.79 Å². The van der Waals surface area contributed by atoms with Crippen LogP contribution in [0.5, 0.6) is 0 Å². The van der Waals surface area contributed by atoms with Crippen LogP contribution in [0.4, 0.5) is 16.2 Å². The molecule has 2 heterocycles. The predicted molar refractivity (Wildman–Crippen MR) is 70.3 cm³/mol. The van der Waals surface area contributed by atoms with Gasteiger partial charge in [0.2, 0.25) is 5.91 Å². The molecule has 0 bridgehead atoms. The first-order valence-corrected chi connectivity index (χ1v) is 6.27. The van der Waals surface area contributed by atoms with Gasteiger partial charge in [-0.05, 0) is 25.0 Å². The summed E-state index contributed by atoms with van der Waals surface area (Å²) in [5, 5.41) is 15.1. The van der Waals surface area contributed by atoms with E-state index in [1.54, 1.807) is 0 Å². The Labute approximate surface area is 110 Å². The van der Waals surface area contributed by atoms with Crippen LogP contribution in [0.3, 0.4) is 0 Å². The lowest BCUT2D eigenvalue weighted by molar-refractivity contribution is -0.122. The number of nitrogens with zero attached hydrogens (tertiary/aromatic N) is 1. The molecule has 1 saturated heterocycles. The van der Waals surface area contributed by atoms with Crippen LogP contribution in [0, 0.1) is 0 Å². The number of hydrogen-bond donors (Lipinski definition) is 3. The van der Waals surface area contributed by atoms with Gasteiger partial charge in [0, 0.05) is 13.1 Å². The second-order valence-electron chi connectivity index (χ2n) is 4.98. The van der Waals surface area contributed by atoms with E-state index in [9.17, 15) is 9.59 Å². The lowest BCUT2D eigenvalue weighted by Gasteiger charge is -2.43. The van der Waals surface area contributed by atoms with Crippen LogP contribution in [0.25, 0.3) is 0 Å². The second-order valence-corrected chi connectivity index (χ2v) is 4.98. The van der Waals surface area contributed by atoms with E-state index in [-0.39, 0.29) is 5.91 Å². The van der Waals surface area contributed by atoms with Crippen molar-refractivity contribution in [2.24, 2.45) is 0 Å². The van der Waals surface area contributed by atoms with Crippen LogP contribution in [0.1, 0.15) is 12.8 Å². The number of benzene rings is 1. The molecule has 3 N–H and O–H groups in total. The molecule has 2 aliphatic rings. The quantitative estimate of drug-likeness (QED) is 0.662. The Bertz CT molecular complexity index is 536. The number of para-hydroxylation sites is 2. The van der Waals surface area contributed by atoms with Crippen molar-refractivity contribution in [3.05, 3.63) is 24.3 Å². The number of nitrogens with one attached hydrogen (secondary N) is 2. The highest BCUT2D eigenvalue weighted by Crippen LogP contribution is 2.36. The number of carbonyl (C=O) groups excluding carboxylic acids is 1. The molecule has 0 atom stereocenters. The normalized spacial score (nSPS) is 20.4. The number of likely N-dealkylation sites (tertiary alicyclic amines) is 1. The van der Waals surface area contributed by atoms with Crippen molar-refractivity contribution in [3.8, 4) is 0 Å². The molecule has 0 radical (unpaired) electrons. The van der Waals surface area contributed by atoms with E-state index < -0.39 is 11.6 Å². The third-order valence-corrected chi connectivity index (χ3v) is 3.87. The van der Waals surface area contributed by atoms with Crippen LogP contribution in [-0.4, -0.2) is 40.6 Å². The van der Waals surface area contributed by atoms with Gasteiger partial charge in [0.1, 0.15) is 5.54 Å². The molecule has 1 fully saturated rings. The molecule has 0 aromatic heterocycles. The average molecular weight is 261 g/mol. The zero-order valence-electron chi connectivity index (χ0n) is 10.3. The minimum Gasteiger partial charge on any atom is -0.465 e. The summed E-state index contributed by atoms with van der Waals surface area (Å²) < 4.78 is 0. The van der Waals surface area contributed by atoms with Gasteiger partial charge >= 0.3 is 6.09 Å². The summed E-state index contributed by atoms with van der Waals surface area (Å²) in [7, 11) is 0. The van der Waals surface area contributed by atoms with Gasteiger partial charge in [-0.25, -0.2) is 4.79 Å². The Morgan fingerprint density at radius 1 is 1.21 bits per heavy atom. The largest absolute Gasteiger partial charge is 0.465 e. The van der Waals surface area contributed by atoms with Crippen molar-refractivity contribution in [1.29, 1.82) is 0 Å². The van der Waals surface area contributed by atoms with Gasteiger partial charge in [0.05, 0.1) is 11.4 Å². The SMILES string of the molecule is O=C(O)N1CCC2(CC1)Nc1ccccc1NC2=O. The number of carboxylic acid groups (broad SMARTS) is 1. The Morgan fingerprint density at radius 3 is 2.47 bits per heavy atom. The lowest BCUT2D eigenvalue weighted by atomic mass is 9.84. The first-order chi connectivity index (χ1) is 9.11. The first kappa shape index (κ1) is 11.8. The fourth-order valence-corrected chi connectivity index (χ4v) is 2.69. The zero-order valence-corrected chi connectivity index (χ0v) is 10.3. The number of hydrogen-bond acceptors (Lipinski definition) is 3. The van der Waals surface area contributed by atoms with Gasteiger partial charge in [-0.2, -0.15) is 0 Å². The Balaban J connectivity index is 1.83. The first-order valence-electron chi connectivity index (χ1n) is 6.27. The monoisotopic (exact) mass is 261 g/mol. The lowest BCUT2D eigenvalue weighted by Crippen LogP contribution is -2.58. The van der Waals surface area contributed by atoms with Gasteiger partial charge in [0.15, 0.2) is 0 Å². The molecule has 1 aromatic carbocycles. The molecule has 2 aliphatic heterocycles. The summed E-state index contributed by atoms with van der Waals surface area (Å²) in [5.74, 6) is -0.0729. The van der Waals surface area contributed by atoms with E-state index in [0.29, 0.717) is 25.9 Å². The number of anilines is 2. The fraction of sp³-hybridized carbons (Fsp3) is 0.385. The maximum atomic E-state index is 12.3. The molecule has 19 heavy (non-hydrogen) atoms. The zero-order chi connectivity index (χ0) is 13.5. The van der Waals surface area contributed by atoms with Crippen molar-refractivity contribution in [3.63, 3.8) is 0 Å². The Hall–Kier alpha value is -2.24. The van der Waals surface area contributed by atoms with Crippen molar-refractivity contribution in [1.82, 2.24) is 4.90 Å². The molecular formula is C13H15N3O3. The standard InChI is InChI=1S/C13H15N3O3/c17-11-13(5-7-16(8-6-13)12(18)19)15-10-4-2-1-3-9(10)14-11/h1-4,15H,5-8H2,(H,14,17)(H,18,19). The van der Waals surface area contributed by atoms with Crippen molar-refractivity contribution in [2.75, 3.05) is 23.7 Å². The predicted octanol–water partition coefficient (Wildman–Crippen LogP) is 1.56. The average Bonchev–Trinajstić information content (AvgIpc) is 2.41. The molecule has 3 rings (SSSR count). The molecule has 1 spiro atoms. The van der Waals surface area contributed by atoms with E-state index in [1.807, 2.05) is 24.3 Å². The summed E-state index contributed by atoms with van der Waals surface area (Å²) in [6.07, 6.45) is 0.0466. The molecule has 2 amide bonds. The van der Waals surface area contributed by atoms with Gasteiger partial charge in [-0.1, -0.05) is 12.1 Å².